The Balaban J connectivity index is 1.97. The van der Waals surface area contributed by atoms with Gasteiger partial charge in [0, 0.05) is 22.1 Å². The van der Waals surface area contributed by atoms with Gasteiger partial charge >= 0.3 is 0 Å². The van der Waals surface area contributed by atoms with E-state index in [1.165, 1.54) is 11.1 Å². The summed E-state index contributed by atoms with van der Waals surface area (Å²) >= 11 is 2.35. The predicted octanol–water partition coefficient (Wildman–Crippen LogP) is 5.22. The van der Waals surface area contributed by atoms with Gasteiger partial charge in [-0.25, -0.2) is 0 Å². The Bertz CT molecular complexity index is 660. The van der Waals surface area contributed by atoms with Crippen molar-refractivity contribution in [3.05, 3.63) is 33.8 Å². The standard InChI is InChI=1S/C20H28BrNO2S/c1-5-24-16-8-10-20(11-9-16)13-14-6-7-15(21)12-17(14)18(20)22-25(23)19(2,3)4/h6-7,12,16H,5,8-11,13H2,1-4H3/t16-,20-,25?. The zero-order chi connectivity index (χ0) is 18.2. The molecule has 2 aliphatic carbocycles. The molecule has 2 aliphatic rings. The fraction of sp³-hybridized carbons (Fsp3) is 0.650. The number of halogens is 1. The monoisotopic (exact) mass is 425 g/mol. The molecule has 0 aromatic heterocycles. The minimum atomic E-state index is -1.24. The van der Waals surface area contributed by atoms with E-state index in [1.807, 2.05) is 20.8 Å². The number of hydrogen-bond acceptors (Lipinski definition) is 3. The summed E-state index contributed by atoms with van der Waals surface area (Å²) in [6.45, 7) is 8.81. The second-order valence-corrected chi connectivity index (χ2v) is 11.0. The van der Waals surface area contributed by atoms with Crippen LogP contribution in [-0.2, 0) is 22.5 Å². The summed E-state index contributed by atoms with van der Waals surface area (Å²) in [4.78, 5) is 0. The molecule has 0 bridgehead atoms. The molecule has 0 aliphatic heterocycles. The highest BCUT2D eigenvalue weighted by molar-refractivity contribution is 9.10. The van der Waals surface area contributed by atoms with E-state index in [4.69, 9.17) is 9.13 Å². The van der Waals surface area contributed by atoms with Crippen molar-refractivity contribution in [3.63, 3.8) is 0 Å². The van der Waals surface area contributed by atoms with Crippen LogP contribution in [0.1, 0.15) is 64.5 Å². The molecule has 1 unspecified atom stereocenters. The van der Waals surface area contributed by atoms with Crippen LogP contribution in [0.25, 0.3) is 0 Å². The Kier molecular flexibility index (Phi) is 5.69. The molecule has 0 saturated heterocycles. The molecule has 1 atom stereocenters. The number of fused-ring (bicyclic) bond motifs is 1. The Morgan fingerprint density at radius 2 is 2.00 bits per heavy atom. The Labute approximate surface area is 163 Å². The van der Waals surface area contributed by atoms with Crippen molar-refractivity contribution in [2.45, 2.75) is 70.7 Å². The van der Waals surface area contributed by atoms with Crippen LogP contribution in [0.2, 0.25) is 0 Å². The largest absolute Gasteiger partial charge is 0.591 e. The van der Waals surface area contributed by atoms with Gasteiger partial charge in [0.1, 0.15) is 21.8 Å². The van der Waals surface area contributed by atoms with Crippen molar-refractivity contribution in [2.75, 3.05) is 6.61 Å². The van der Waals surface area contributed by atoms with Crippen LogP contribution in [0.4, 0.5) is 0 Å². The Hall–Kier alpha value is -0.360. The van der Waals surface area contributed by atoms with Gasteiger partial charge in [0.25, 0.3) is 0 Å². The molecule has 0 N–H and O–H groups in total. The van der Waals surface area contributed by atoms with E-state index in [0.717, 1.165) is 48.9 Å². The van der Waals surface area contributed by atoms with Crippen LogP contribution in [0.5, 0.6) is 0 Å². The van der Waals surface area contributed by atoms with Gasteiger partial charge in [-0.3, -0.25) is 0 Å². The first-order valence-corrected chi connectivity index (χ1v) is 11.1. The lowest BCUT2D eigenvalue weighted by Gasteiger charge is -2.37. The highest BCUT2D eigenvalue weighted by Crippen LogP contribution is 2.49. The molecule has 3 rings (SSSR count). The van der Waals surface area contributed by atoms with E-state index in [2.05, 4.69) is 41.1 Å². The number of rotatable bonds is 3. The van der Waals surface area contributed by atoms with Gasteiger partial charge in [-0.2, -0.15) is 0 Å². The maximum absolute atomic E-state index is 12.8. The third-order valence-electron chi connectivity index (χ3n) is 5.35. The molecule has 3 nitrogen and oxygen atoms in total. The highest BCUT2D eigenvalue weighted by atomic mass is 79.9. The molecule has 0 amide bonds. The van der Waals surface area contributed by atoms with Gasteiger partial charge < -0.3 is 9.29 Å². The van der Waals surface area contributed by atoms with E-state index in [0.29, 0.717) is 6.10 Å². The highest BCUT2D eigenvalue weighted by Gasteiger charge is 2.47. The molecule has 0 radical (unpaired) electrons. The molecule has 1 saturated carbocycles. The number of benzene rings is 1. The first kappa shape index (κ1) is 19.4. The minimum Gasteiger partial charge on any atom is -0.591 e. The van der Waals surface area contributed by atoms with Crippen LogP contribution in [0.15, 0.2) is 27.1 Å². The minimum absolute atomic E-state index is 0.0254. The predicted molar refractivity (Wildman–Crippen MR) is 109 cm³/mol. The van der Waals surface area contributed by atoms with Crippen molar-refractivity contribution < 1.29 is 9.29 Å². The Morgan fingerprint density at radius 1 is 1.32 bits per heavy atom. The first-order chi connectivity index (χ1) is 11.7. The smallest absolute Gasteiger partial charge is 0.144 e. The first-order valence-electron chi connectivity index (χ1n) is 9.17. The third-order valence-corrected chi connectivity index (χ3v) is 7.24. The fourth-order valence-electron chi connectivity index (χ4n) is 3.98. The summed E-state index contributed by atoms with van der Waals surface area (Å²) in [5.74, 6) is 0. The van der Waals surface area contributed by atoms with E-state index in [9.17, 15) is 4.55 Å². The van der Waals surface area contributed by atoms with Gasteiger partial charge in [0.2, 0.25) is 0 Å². The van der Waals surface area contributed by atoms with Crippen LogP contribution in [-0.4, -0.2) is 27.7 Å². The molecule has 25 heavy (non-hydrogen) atoms. The van der Waals surface area contributed by atoms with E-state index in [-0.39, 0.29) is 10.2 Å². The van der Waals surface area contributed by atoms with E-state index < -0.39 is 11.4 Å². The van der Waals surface area contributed by atoms with Gasteiger partial charge in [-0.15, -0.1) is 0 Å². The molecule has 5 heteroatoms. The maximum Gasteiger partial charge on any atom is 0.144 e. The second kappa shape index (κ2) is 7.34. The molecule has 1 fully saturated rings. The summed E-state index contributed by atoms with van der Waals surface area (Å²) in [6, 6.07) is 6.44. The molecule has 1 aromatic carbocycles. The average molecular weight is 426 g/mol. The summed E-state index contributed by atoms with van der Waals surface area (Å²) in [6.07, 6.45) is 5.61. The summed E-state index contributed by atoms with van der Waals surface area (Å²) in [5.41, 5.74) is 3.61. The topological polar surface area (TPSA) is 44.6 Å². The van der Waals surface area contributed by atoms with Crippen molar-refractivity contribution in [1.82, 2.24) is 0 Å². The van der Waals surface area contributed by atoms with Crippen LogP contribution in [0.3, 0.4) is 0 Å². The molecular weight excluding hydrogens is 398 g/mol. The van der Waals surface area contributed by atoms with Gasteiger partial charge in [0.15, 0.2) is 0 Å². The van der Waals surface area contributed by atoms with Crippen LogP contribution in [0, 0.1) is 5.41 Å². The van der Waals surface area contributed by atoms with Gasteiger partial charge in [-0.05, 0) is 77.5 Å². The lowest BCUT2D eigenvalue weighted by molar-refractivity contribution is 0.0179. The van der Waals surface area contributed by atoms with Crippen LogP contribution < -0.4 is 0 Å². The molecular formula is C20H28BrNO2S. The van der Waals surface area contributed by atoms with Gasteiger partial charge in [-0.1, -0.05) is 26.4 Å². The summed E-state index contributed by atoms with van der Waals surface area (Å²) in [5, 5.41) is 0. The summed E-state index contributed by atoms with van der Waals surface area (Å²) < 4.78 is 24.2. The molecule has 138 valence electrons. The number of hydrogen-bond donors (Lipinski definition) is 0. The quantitative estimate of drug-likeness (QED) is 0.622. The van der Waals surface area contributed by atoms with Crippen molar-refractivity contribution in [2.24, 2.45) is 9.81 Å². The third kappa shape index (κ3) is 4.00. The average Bonchev–Trinajstić information content (AvgIpc) is 2.82. The van der Waals surface area contributed by atoms with E-state index in [1.54, 1.807) is 0 Å². The lowest BCUT2D eigenvalue weighted by Crippen LogP contribution is -2.37. The molecule has 0 heterocycles. The lowest BCUT2D eigenvalue weighted by atomic mass is 9.70. The molecule has 1 aromatic rings. The van der Waals surface area contributed by atoms with Crippen molar-refractivity contribution in [1.29, 1.82) is 0 Å². The van der Waals surface area contributed by atoms with Gasteiger partial charge in [0.05, 0.1) is 6.10 Å². The van der Waals surface area contributed by atoms with Crippen LogP contribution >= 0.6 is 15.9 Å². The molecule has 1 spiro atoms. The second-order valence-electron chi connectivity index (χ2n) is 8.21. The maximum atomic E-state index is 12.8. The zero-order valence-corrected chi connectivity index (χ0v) is 18.0. The van der Waals surface area contributed by atoms with E-state index >= 15 is 0 Å². The summed E-state index contributed by atoms with van der Waals surface area (Å²) in [7, 11) is 0. The fourth-order valence-corrected chi connectivity index (χ4v) is 5.08. The SMILES string of the molecule is CCO[C@H]1CC[C@]2(CC1)Cc1ccc(Br)cc1C2=N[S+]([O-])C(C)(C)C. The Morgan fingerprint density at radius 3 is 2.60 bits per heavy atom. The normalized spacial score (nSPS) is 29.2. The van der Waals surface area contributed by atoms with Crippen molar-refractivity contribution in [3.8, 4) is 0 Å². The number of ether oxygens (including phenoxy) is 1. The van der Waals surface area contributed by atoms with Crippen molar-refractivity contribution >= 4 is 33.0 Å². The zero-order valence-electron chi connectivity index (χ0n) is 15.6. The number of nitrogens with zero attached hydrogens (tertiary/aromatic N) is 1.